The average molecular weight is 728 g/mol. The molecular weight excluding hydrogens is 691 g/mol. The summed E-state index contributed by atoms with van der Waals surface area (Å²) in [5.74, 6) is 0.538. The Morgan fingerprint density at radius 1 is 0.922 bits per heavy atom. The Morgan fingerprint density at radius 2 is 1.61 bits per heavy atom. The van der Waals surface area contributed by atoms with Gasteiger partial charge in [0.25, 0.3) is 5.91 Å². The third-order valence-electron chi connectivity index (χ3n) is 9.59. The number of nitrogens with zero attached hydrogens (tertiary/aromatic N) is 3. The van der Waals surface area contributed by atoms with Crippen LogP contribution in [0.5, 0.6) is 11.5 Å². The Labute approximate surface area is 297 Å². The summed E-state index contributed by atoms with van der Waals surface area (Å²) in [6.45, 7) is 3.89. The van der Waals surface area contributed by atoms with Crippen molar-refractivity contribution in [3.8, 4) is 11.5 Å². The van der Waals surface area contributed by atoms with E-state index in [1.807, 2.05) is 26.0 Å². The van der Waals surface area contributed by atoms with E-state index < -0.39 is 41.9 Å². The van der Waals surface area contributed by atoms with Crippen molar-refractivity contribution in [3.63, 3.8) is 0 Å². The lowest BCUT2D eigenvalue weighted by Crippen LogP contribution is -2.65. The highest BCUT2D eigenvalue weighted by Crippen LogP contribution is 2.42. The molecular formula is C37H37ClF3N3O7. The topological polar surface area (TPSA) is 120 Å². The number of piperazine rings is 1. The first-order chi connectivity index (χ1) is 24.2. The van der Waals surface area contributed by atoms with E-state index >= 15 is 0 Å². The summed E-state index contributed by atoms with van der Waals surface area (Å²) in [4.78, 5) is 43.0. The molecule has 2 bridgehead atoms. The molecule has 3 aromatic rings. The molecule has 2 N–H and O–H groups in total. The maximum Gasteiger partial charge on any atom is 0.416 e. The van der Waals surface area contributed by atoms with Gasteiger partial charge in [0.15, 0.2) is 0 Å². The average Bonchev–Trinajstić information content (AvgIpc) is 3.92. The molecule has 3 aliphatic rings. The summed E-state index contributed by atoms with van der Waals surface area (Å²) >= 11 is 6.31. The number of ether oxygens (including phenoxy) is 2. The lowest BCUT2D eigenvalue weighted by Gasteiger charge is -2.49. The van der Waals surface area contributed by atoms with Gasteiger partial charge in [-0.2, -0.15) is 13.2 Å². The number of benzene rings is 3. The van der Waals surface area contributed by atoms with Gasteiger partial charge in [-0.1, -0.05) is 35.9 Å². The third-order valence-corrected chi connectivity index (χ3v) is 9.89. The molecule has 10 nitrogen and oxygen atoms in total. The van der Waals surface area contributed by atoms with Crippen molar-refractivity contribution in [1.29, 1.82) is 0 Å². The molecule has 3 amide bonds. The number of carboxylic acid groups (broad SMARTS) is 2. The maximum atomic E-state index is 14.6. The lowest BCUT2D eigenvalue weighted by molar-refractivity contribution is -0.137. The van der Waals surface area contributed by atoms with E-state index in [-0.39, 0.29) is 56.4 Å². The van der Waals surface area contributed by atoms with Crippen molar-refractivity contribution < 1.29 is 47.2 Å². The Kier molecular flexibility index (Phi) is 10.1. The molecule has 1 aliphatic carbocycles. The Hall–Kier alpha value is -4.91. The largest absolute Gasteiger partial charge is 0.490 e. The monoisotopic (exact) mass is 727 g/mol. The molecule has 2 heterocycles. The smallest absolute Gasteiger partial charge is 0.416 e. The quantitative estimate of drug-likeness (QED) is 0.208. The van der Waals surface area contributed by atoms with Gasteiger partial charge >= 0.3 is 18.4 Å². The Bertz CT molecular complexity index is 1860. The minimum Gasteiger partial charge on any atom is -0.490 e. The van der Waals surface area contributed by atoms with Crippen molar-refractivity contribution in [1.82, 2.24) is 14.7 Å². The molecule has 6 rings (SSSR count). The first-order valence-corrected chi connectivity index (χ1v) is 16.9. The zero-order valence-corrected chi connectivity index (χ0v) is 28.7. The van der Waals surface area contributed by atoms with Crippen molar-refractivity contribution in [3.05, 3.63) is 99.1 Å². The number of fused-ring (bicyclic) bond motifs is 2. The highest BCUT2D eigenvalue weighted by molar-refractivity contribution is 6.32. The van der Waals surface area contributed by atoms with E-state index in [0.29, 0.717) is 40.5 Å². The zero-order chi connectivity index (χ0) is 36.6. The number of carbonyl (C=O) groups is 3. The lowest BCUT2D eigenvalue weighted by atomic mass is 9.81. The van der Waals surface area contributed by atoms with Gasteiger partial charge in [0.2, 0.25) is 0 Å². The minimum absolute atomic E-state index is 0.0560. The normalized spacial score (nSPS) is 18.8. The van der Waals surface area contributed by atoms with Crippen molar-refractivity contribution in [2.24, 2.45) is 0 Å². The van der Waals surface area contributed by atoms with Crippen LogP contribution in [0, 0.1) is 13.8 Å². The van der Waals surface area contributed by atoms with E-state index in [0.717, 1.165) is 33.1 Å². The predicted octanol–water partition coefficient (Wildman–Crippen LogP) is 7.49. The molecule has 1 saturated heterocycles. The standard InChI is InChI=1S/C37H37ClF3N3O7/c1-21-14-30(38)32(15-22(21)2)51-13-12-50-28-10-6-24(7-11-28)29-17-27-19-42(35(46)47)20-31(44(27)36(48)49)33(29)34(45)43(26-8-9-26)18-23-4-3-5-25(16-23)37(39,40)41/h3-7,10-11,14-16,26-27,31H,8-9,12-13,17-20H2,1-2H3,(H,46,47)(H,48,49)/t27-,31-/m1/s1. The second kappa shape index (κ2) is 14.4. The van der Waals surface area contributed by atoms with Crippen LogP contribution in [0.1, 0.15) is 47.1 Å². The zero-order valence-electron chi connectivity index (χ0n) is 28.0. The number of rotatable bonds is 10. The minimum atomic E-state index is -4.57. The number of carbonyl (C=O) groups excluding carboxylic acids is 1. The van der Waals surface area contributed by atoms with Crippen LogP contribution in [-0.2, 0) is 17.5 Å². The second-order valence-corrected chi connectivity index (χ2v) is 13.5. The molecule has 270 valence electrons. The molecule has 3 aromatic carbocycles. The molecule has 2 atom stereocenters. The first-order valence-electron chi connectivity index (χ1n) is 16.5. The molecule has 0 radical (unpaired) electrons. The fourth-order valence-corrected chi connectivity index (χ4v) is 7.05. The number of aryl methyl sites for hydroxylation is 2. The SMILES string of the molecule is Cc1cc(Cl)c(OCCOc2ccc(C3=C(C(=O)N(Cc4cccc(C(F)(F)F)c4)C4CC4)[C@H]4CN(C(=O)O)C[C@@H](C3)N4C(=O)O)cc2)cc1C. The number of halogens is 4. The molecule has 51 heavy (non-hydrogen) atoms. The second-order valence-electron chi connectivity index (χ2n) is 13.1. The molecule has 0 spiro atoms. The summed E-state index contributed by atoms with van der Waals surface area (Å²) in [5.41, 5.74) is 2.84. The van der Waals surface area contributed by atoms with Gasteiger partial charge < -0.3 is 29.5 Å². The van der Waals surface area contributed by atoms with Crippen LogP contribution in [0.15, 0.2) is 66.2 Å². The molecule has 0 unspecified atom stereocenters. The van der Waals surface area contributed by atoms with Gasteiger partial charge in [-0.3, -0.25) is 9.69 Å². The fourth-order valence-electron chi connectivity index (χ4n) is 6.78. The van der Waals surface area contributed by atoms with Crippen LogP contribution >= 0.6 is 11.6 Å². The van der Waals surface area contributed by atoms with Gasteiger partial charge in [-0.15, -0.1) is 0 Å². The molecule has 0 aromatic heterocycles. The molecule has 1 saturated carbocycles. The van der Waals surface area contributed by atoms with E-state index in [4.69, 9.17) is 21.1 Å². The summed E-state index contributed by atoms with van der Waals surface area (Å²) < 4.78 is 52.3. The van der Waals surface area contributed by atoms with E-state index in [2.05, 4.69) is 0 Å². The summed E-state index contributed by atoms with van der Waals surface area (Å²) in [6.07, 6.45) is -5.77. The van der Waals surface area contributed by atoms with E-state index in [1.165, 1.54) is 17.0 Å². The summed E-state index contributed by atoms with van der Waals surface area (Å²) in [5, 5.41) is 20.6. The number of amides is 3. The van der Waals surface area contributed by atoms with Crippen molar-refractivity contribution in [2.45, 2.75) is 64.0 Å². The van der Waals surface area contributed by atoms with Crippen LogP contribution in [0.2, 0.25) is 5.02 Å². The van der Waals surface area contributed by atoms with Gasteiger partial charge in [-0.25, -0.2) is 9.59 Å². The Balaban J connectivity index is 1.29. The maximum absolute atomic E-state index is 14.6. The van der Waals surface area contributed by atoms with Gasteiger partial charge in [0.1, 0.15) is 24.7 Å². The molecule has 2 aliphatic heterocycles. The van der Waals surface area contributed by atoms with Gasteiger partial charge in [-0.05, 0) is 97.3 Å². The Morgan fingerprint density at radius 3 is 2.25 bits per heavy atom. The highest BCUT2D eigenvalue weighted by atomic mass is 35.5. The third kappa shape index (κ3) is 7.88. The number of hydrogen-bond acceptors (Lipinski definition) is 5. The van der Waals surface area contributed by atoms with Crippen LogP contribution in [-0.4, -0.2) is 87.4 Å². The van der Waals surface area contributed by atoms with E-state index in [9.17, 15) is 37.8 Å². The van der Waals surface area contributed by atoms with E-state index in [1.54, 1.807) is 24.3 Å². The van der Waals surface area contributed by atoms with Crippen LogP contribution in [0.25, 0.3) is 5.57 Å². The first kappa shape index (κ1) is 35.9. The van der Waals surface area contributed by atoms with Crippen molar-refractivity contribution in [2.75, 3.05) is 26.3 Å². The van der Waals surface area contributed by atoms with Gasteiger partial charge in [0.05, 0.1) is 22.7 Å². The number of hydrogen-bond donors (Lipinski definition) is 2. The predicted molar refractivity (Wildman–Crippen MR) is 182 cm³/mol. The summed E-state index contributed by atoms with van der Waals surface area (Å²) in [6, 6.07) is 13.3. The molecule has 14 heteroatoms. The van der Waals surface area contributed by atoms with Crippen LogP contribution < -0.4 is 9.47 Å². The van der Waals surface area contributed by atoms with Gasteiger partial charge in [0, 0.05) is 31.2 Å². The van der Waals surface area contributed by atoms with Crippen LogP contribution in [0.3, 0.4) is 0 Å². The highest BCUT2D eigenvalue weighted by Gasteiger charge is 2.49. The summed E-state index contributed by atoms with van der Waals surface area (Å²) in [7, 11) is 0. The van der Waals surface area contributed by atoms with Crippen LogP contribution in [0.4, 0.5) is 22.8 Å². The fraction of sp³-hybridized carbons (Fsp3) is 0.378. The number of alkyl halides is 3. The molecule has 2 fully saturated rings. The van der Waals surface area contributed by atoms with Crippen molar-refractivity contribution >= 4 is 35.3 Å².